The number of para-hydroxylation sites is 1. The second-order valence-electron chi connectivity index (χ2n) is 3.50. The molecule has 0 aliphatic carbocycles. The van der Waals surface area contributed by atoms with Crippen LogP contribution in [-0.4, -0.2) is 5.11 Å². The van der Waals surface area contributed by atoms with Gasteiger partial charge in [-0.1, -0.05) is 19.1 Å². The van der Waals surface area contributed by atoms with Gasteiger partial charge in [0, 0.05) is 10.9 Å². The molecule has 0 fully saturated rings. The van der Waals surface area contributed by atoms with Gasteiger partial charge in [-0.25, -0.2) is 4.79 Å². The Kier molecular flexibility index (Phi) is 2.23. The Labute approximate surface area is 87.0 Å². The van der Waals surface area contributed by atoms with Crippen molar-refractivity contribution < 1.29 is 9.52 Å². The van der Waals surface area contributed by atoms with Gasteiger partial charge in [-0.15, -0.1) is 0 Å². The van der Waals surface area contributed by atoms with E-state index in [4.69, 9.17) is 4.42 Å². The van der Waals surface area contributed by atoms with Gasteiger partial charge >= 0.3 is 5.63 Å². The van der Waals surface area contributed by atoms with Crippen LogP contribution in [0.1, 0.15) is 18.1 Å². The zero-order valence-corrected chi connectivity index (χ0v) is 8.70. The van der Waals surface area contributed by atoms with Crippen LogP contribution in [0.4, 0.5) is 0 Å². The molecule has 78 valence electrons. The van der Waals surface area contributed by atoms with Gasteiger partial charge in [-0.2, -0.15) is 0 Å². The molecule has 1 N–H and O–H groups in total. The summed E-state index contributed by atoms with van der Waals surface area (Å²) in [6.45, 7) is 3.72. The first-order chi connectivity index (χ1) is 7.15. The third-order valence-corrected chi connectivity index (χ3v) is 2.63. The highest BCUT2D eigenvalue weighted by molar-refractivity contribution is 5.85. The summed E-state index contributed by atoms with van der Waals surface area (Å²) in [4.78, 5) is 11.5. The van der Waals surface area contributed by atoms with Crippen molar-refractivity contribution in [2.75, 3.05) is 0 Å². The first kappa shape index (κ1) is 9.77. The predicted octanol–water partition coefficient (Wildman–Crippen LogP) is 2.37. The van der Waals surface area contributed by atoms with E-state index >= 15 is 0 Å². The van der Waals surface area contributed by atoms with E-state index in [9.17, 15) is 9.90 Å². The Morgan fingerprint density at radius 3 is 2.80 bits per heavy atom. The number of hydrogen-bond acceptors (Lipinski definition) is 3. The minimum absolute atomic E-state index is 0.0132. The molecule has 15 heavy (non-hydrogen) atoms. The van der Waals surface area contributed by atoms with Gasteiger partial charge in [0.05, 0.1) is 0 Å². The molecule has 0 spiro atoms. The molecule has 0 saturated heterocycles. The van der Waals surface area contributed by atoms with Crippen molar-refractivity contribution in [3.05, 3.63) is 39.7 Å². The summed E-state index contributed by atoms with van der Waals surface area (Å²) in [6, 6.07) is 5.11. The van der Waals surface area contributed by atoms with E-state index in [-0.39, 0.29) is 17.0 Å². The predicted molar refractivity (Wildman–Crippen MR) is 58.3 cm³/mol. The Morgan fingerprint density at radius 2 is 2.13 bits per heavy atom. The summed E-state index contributed by atoms with van der Waals surface area (Å²) in [6.07, 6.45) is 0.747. The quantitative estimate of drug-likeness (QED) is 0.725. The summed E-state index contributed by atoms with van der Waals surface area (Å²) < 4.78 is 5.06. The van der Waals surface area contributed by atoms with E-state index in [0.29, 0.717) is 5.56 Å². The molecule has 0 bridgehead atoms. The maximum atomic E-state index is 11.5. The molecule has 0 saturated carbocycles. The van der Waals surface area contributed by atoms with Crippen LogP contribution in [0, 0.1) is 6.92 Å². The minimum Gasteiger partial charge on any atom is -0.504 e. The van der Waals surface area contributed by atoms with Gasteiger partial charge in [-0.3, -0.25) is 0 Å². The molecular weight excluding hydrogens is 192 g/mol. The fourth-order valence-corrected chi connectivity index (χ4v) is 1.82. The van der Waals surface area contributed by atoms with Crippen molar-refractivity contribution in [2.24, 2.45) is 0 Å². The molecule has 1 aromatic heterocycles. The maximum Gasteiger partial charge on any atom is 0.339 e. The van der Waals surface area contributed by atoms with E-state index in [2.05, 4.69) is 0 Å². The molecule has 0 aliphatic rings. The minimum atomic E-state index is -0.374. The third-order valence-electron chi connectivity index (χ3n) is 2.63. The lowest BCUT2D eigenvalue weighted by Gasteiger charge is -2.06. The van der Waals surface area contributed by atoms with Crippen LogP contribution in [0.2, 0.25) is 0 Å². The van der Waals surface area contributed by atoms with Crippen LogP contribution in [0.5, 0.6) is 5.75 Å². The Bertz CT molecular complexity index is 567. The van der Waals surface area contributed by atoms with Crippen molar-refractivity contribution in [3.8, 4) is 5.75 Å². The van der Waals surface area contributed by atoms with Gasteiger partial charge in [-0.05, 0) is 25.0 Å². The van der Waals surface area contributed by atoms with Crippen molar-refractivity contribution >= 4 is 11.0 Å². The van der Waals surface area contributed by atoms with Gasteiger partial charge in [0.1, 0.15) is 0 Å². The molecule has 0 radical (unpaired) electrons. The Hall–Kier alpha value is -1.77. The molecule has 0 atom stereocenters. The zero-order valence-electron chi connectivity index (χ0n) is 8.70. The highest BCUT2D eigenvalue weighted by Crippen LogP contribution is 2.27. The lowest BCUT2D eigenvalue weighted by Crippen LogP contribution is -2.07. The monoisotopic (exact) mass is 204 g/mol. The number of rotatable bonds is 1. The molecule has 0 amide bonds. The largest absolute Gasteiger partial charge is 0.504 e. The van der Waals surface area contributed by atoms with Crippen LogP contribution in [-0.2, 0) is 6.42 Å². The normalized spacial score (nSPS) is 10.8. The van der Waals surface area contributed by atoms with Crippen LogP contribution in [0.3, 0.4) is 0 Å². The van der Waals surface area contributed by atoms with E-state index < -0.39 is 0 Å². The smallest absolute Gasteiger partial charge is 0.339 e. The lowest BCUT2D eigenvalue weighted by atomic mass is 10.0. The average molecular weight is 204 g/mol. The molecule has 0 unspecified atom stereocenters. The summed E-state index contributed by atoms with van der Waals surface area (Å²) >= 11 is 0. The highest BCUT2D eigenvalue weighted by Gasteiger charge is 2.11. The lowest BCUT2D eigenvalue weighted by molar-refractivity contribution is 0.456. The summed E-state index contributed by atoms with van der Waals surface area (Å²) in [5, 5.41) is 10.4. The van der Waals surface area contributed by atoms with E-state index in [1.165, 1.54) is 6.07 Å². The highest BCUT2D eigenvalue weighted by atomic mass is 16.4. The molecule has 2 aromatic rings. The van der Waals surface area contributed by atoms with E-state index in [1.807, 2.05) is 13.0 Å². The van der Waals surface area contributed by atoms with Crippen LogP contribution in [0.25, 0.3) is 11.0 Å². The summed E-state index contributed by atoms with van der Waals surface area (Å²) in [5.41, 5.74) is 1.47. The maximum absolute atomic E-state index is 11.5. The molecule has 2 rings (SSSR count). The number of aromatic hydroxyl groups is 1. The fourth-order valence-electron chi connectivity index (χ4n) is 1.82. The first-order valence-electron chi connectivity index (χ1n) is 4.89. The second-order valence-corrected chi connectivity index (χ2v) is 3.50. The Morgan fingerprint density at radius 1 is 1.40 bits per heavy atom. The van der Waals surface area contributed by atoms with Gasteiger partial charge in [0.25, 0.3) is 0 Å². The number of phenolic OH excluding ortho intramolecular Hbond substituents is 1. The average Bonchev–Trinajstić information content (AvgIpc) is 2.22. The van der Waals surface area contributed by atoms with Crippen molar-refractivity contribution in [1.29, 1.82) is 0 Å². The first-order valence-corrected chi connectivity index (χ1v) is 4.89. The molecule has 1 heterocycles. The number of aryl methyl sites for hydroxylation is 1. The molecular formula is C12H12O3. The van der Waals surface area contributed by atoms with E-state index in [0.717, 1.165) is 17.4 Å². The van der Waals surface area contributed by atoms with Gasteiger partial charge in [0.2, 0.25) is 0 Å². The number of fused-ring (bicyclic) bond motifs is 1. The molecule has 3 heteroatoms. The topological polar surface area (TPSA) is 50.4 Å². The second kappa shape index (κ2) is 3.42. The van der Waals surface area contributed by atoms with Crippen LogP contribution in [0.15, 0.2) is 27.4 Å². The van der Waals surface area contributed by atoms with E-state index in [1.54, 1.807) is 13.0 Å². The number of hydrogen-bond donors (Lipinski definition) is 1. The Balaban J connectivity index is 3.01. The molecule has 3 nitrogen and oxygen atoms in total. The standard InChI is InChI=1S/C12H12O3/c1-3-8-7(2)12(14)15-11-9(8)5-4-6-10(11)13/h4-6,13H,3H2,1-2H3. The number of benzene rings is 1. The fraction of sp³-hybridized carbons (Fsp3) is 0.250. The van der Waals surface area contributed by atoms with Crippen molar-refractivity contribution in [2.45, 2.75) is 20.3 Å². The summed E-state index contributed by atoms with van der Waals surface area (Å²) in [7, 11) is 0. The van der Waals surface area contributed by atoms with Crippen molar-refractivity contribution in [1.82, 2.24) is 0 Å². The van der Waals surface area contributed by atoms with Crippen molar-refractivity contribution in [3.63, 3.8) is 0 Å². The molecule has 0 aliphatic heterocycles. The summed E-state index contributed by atoms with van der Waals surface area (Å²) in [5.74, 6) is 0.0132. The van der Waals surface area contributed by atoms with Crippen LogP contribution >= 0.6 is 0 Å². The third kappa shape index (κ3) is 1.40. The number of phenols is 1. The van der Waals surface area contributed by atoms with Gasteiger partial charge in [0.15, 0.2) is 11.3 Å². The molecule has 1 aromatic carbocycles. The van der Waals surface area contributed by atoms with Crippen LogP contribution < -0.4 is 5.63 Å². The SMILES string of the molecule is CCc1c(C)c(=O)oc2c(O)cccc12. The zero-order chi connectivity index (χ0) is 11.0. The van der Waals surface area contributed by atoms with Gasteiger partial charge < -0.3 is 9.52 Å².